The molecule has 58 heavy (non-hydrogen) atoms. The van der Waals surface area contributed by atoms with Crippen molar-refractivity contribution in [2.75, 3.05) is 14.1 Å². The molecule has 0 aromatic heterocycles. The summed E-state index contributed by atoms with van der Waals surface area (Å²) >= 11 is 16.0. The summed E-state index contributed by atoms with van der Waals surface area (Å²) in [5.74, 6) is -66.7. The lowest BCUT2D eigenvalue weighted by Gasteiger charge is -2.45. The number of quaternary nitrogens is 1. The zero-order chi connectivity index (χ0) is 44.3. The number of nitrogens with one attached hydrogen (secondary N) is 1. The Morgan fingerprint density at radius 3 is 0.828 bits per heavy atom. The lowest BCUT2D eigenvalue weighted by atomic mass is 9.12. The van der Waals surface area contributed by atoms with E-state index in [4.69, 9.17) is 33.2 Å². The molecule has 0 bridgehead atoms. The van der Waals surface area contributed by atoms with E-state index in [9.17, 15) is 39.5 Å². The average Bonchev–Trinajstić information content (AvgIpc) is 3.15. The van der Waals surface area contributed by atoms with Gasteiger partial charge in [-0.3, -0.25) is 0 Å². The number of benzene rings is 5. The Bertz CT molecular complexity index is 2180. The van der Waals surface area contributed by atoms with E-state index in [0.717, 1.165) is 6.54 Å². The fourth-order valence-corrected chi connectivity index (χ4v) is 8.36. The minimum absolute atomic E-state index is 1.11. The Morgan fingerprint density at radius 1 is 0.379 bits per heavy atom. The summed E-state index contributed by atoms with van der Waals surface area (Å²) < 4.78 is 286. The molecule has 0 heterocycles. The van der Waals surface area contributed by atoms with Crippen LogP contribution in [0.2, 0.25) is 0 Å². The van der Waals surface area contributed by atoms with Crippen molar-refractivity contribution < 1.29 is 88.3 Å². The first-order valence-electron chi connectivity index (χ1n) is 15.2. The second-order valence-electron chi connectivity index (χ2n) is 12.2. The zero-order valence-corrected chi connectivity index (χ0v) is 31.3. The van der Waals surface area contributed by atoms with E-state index in [-0.39, 0.29) is 0 Å². The van der Waals surface area contributed by atoms with Gasteiger partial charge in [-0.2, -0.15) is 0 Å². The third-order valence-corrected chi connectivity index (χ3v) is 11.2. The number of halogens is 22. The molecule has 0 aliphatic carbocycles. The van der Waals surface area contributed by atoms with Gasteiger partial charge < -0.3 is 4.90 Å². The van der Waals surface area contributed by atoms with E-state index in [1.54, 1.807) is 0 Å². The van der Waals surface area contributed by atoms with Crippen LogP contribution in [0.3, 0.4) is 0 Å². The van der Waals surface area contributed by atoms with Crippen LogP contribution in [0.1, 0.15) is 5.56 Å². The quantitative estimate of drug-likeness (QED) is 0.0597. The SMILES string of the molecule is C[NH+](C)Cc1ccccc1.Fc1c(F)c(F)c([B-](c2c(F)c(F)c(F)c(F)c2F)(c2c(F)c(F)c(F)c(F)c2F)c2c(F)c(F)c([Si](Cl)(Cl)Cl)c(F)c2F)c(F)c1F. The maximum atomic E-state index is 16.0. The molecule has 0 unspecified atom stereocenters. The minimum atomic E-state index is -7.20. The van der Waals surface area contributed by atoms with E-state index in [1.165, 1.54) is 10.5 Å². The van der Waals surface area contributed by atoms with Crippen molar-refractivity contribution in [3.05, 3.63) is 146 Å². The van der Waals surface area contributed by atoms with Gasteiger partial charge in [0, 0.05) is 5.56 Å². The van der Waals surface area contributed by atoms with Crippen LogP contribution in [-0.4, -0.2) is 26.2 Å². The summed E-state index contributed by atoms with van der Waals surface area (Å²) in [7, 11) is 4.32. The van der Waals surface area contributed by atoms with Crippen molar-refractivity contribution in [2.45, 2.75) is 6.54 Å². The van der Waals surface area contributed by atoms with Crippen LogP contribution in [-0.2, 0) is 6.54 Å². The molecule has 0 fully saturated rings. The Labute approximate surface area is 327 Å². The second-order valence-corrected chi connectivity index (χ2v) is 20.6. The van der Waals surface area contributed by atoms with Crippen LogP contribution in [0.5, 0.6) is 0 Å². The van der Waals surface area contributed by atoms with Gasteiger partial charge >= 0.3 is 6.00 Å². The Morgan fingerprint density at radius 2 is 0.603 bits per heavy atom. The van der Waals surface area contributed by atoms with Crippen molar-refractivity contribution >= 4 is 72.4 Å². The monoisotopic (exact) mass is 929 g/mol. The van der Waals surface area contributed by atoms with Crippen molar-refractivity contribution in [2.24, 2.45) is 0 Å². The molecule has 5 aromatic carbocycles. The maximum Gasteiger partial charge on any atom is 0.379 e. The number of rotatable bonds is 7. The fraction of sp³-hybridized carbons (Fsp3) is 0.0909. The van der Waals surface area contributed by atoms with Gasteiger partial charge in [-0.1, -0.05) is 30.3 Å². The Kier molecular flexibility index (Phi) is 13.5. The number of hydrogen-bond acceptors (Lipinski definition) is 0. The molecule has 0 aliphatic rings. The molecule has 25 heteroatoms. The van der Waals surface area contributed by atoms with Gasteiger partial charge in [0.2, 0.25) is 0 Å². The summed E-state index contributed by atoms with van der Waals surface area (Å²) in [6.07, 6.45) is -7.20. The maximum absolute atomic E-state index is 16.0. The molecule has 0 amide bonds. The van der Waals surface area contributed by atoms with Crippen molar-refractivity contribution in [1.29, 1.82) is 0 Å². The molecular formula is C33H14BCl3F19NSi. The third-order valence-electron chi connectivity index (χ3n) is 8.44. The van der Waals surface area contributed by atoms with E-state index in [1.807, 2.05) is 0 Å². The minimum Gasteiger partial charge on any atom is -0.336 e. The molecule has 0 spiro atoms. The fourth-order valence-electron chi connectivity index (χ4n) is 6.15. The van der Waals surface area contributed by atoms with Gasteiger partial charge in [0.15, 0.2) is 64.0 Å². The molecule has 5 rings (SSSR count). The highest BCUT2D eigenvalue weighted by Gasteiger charge is 2.53. The second kappa shape index (κ2) is 16.9. The van der Waals surface area contributed by atoms with Crippen LogP contribution >= 0.6 is 33.2 Å². The van der Waals surface area contributed by atoms with Gasteiger partial charge in [0.05, 0.1) is 19.3 Å². The van der Waals surface area contributed by atoms with Crippen LogP contribution in [0, 0.1) is 111 Å². The first-order valence-corrected chi connectivity index (χ1v) is 20.2. The van der Waals surface area contributed by atoms with E-state index < -0.39 is 150 Å². The Balaban J connectivity index is 0.000000648. The molecule has 1 N–H and O–H groups in total. The lowest BCUT2D eigenvalue weighted by Crippen LogP contribution is -3.04. The van der Waals surface area contributed by atoms with Crippen LogP contribution in [0.4, 0.5) is 83.4 Å². The molecule has 0 aliphatic heterocycles. The summed E-state index contributed by atoms with van der Waals surface area (Å²) in [5.41, 5.74) is -12.7. The highest BCUT2D eigenvalue weighted by molar-refractivity contribution is 7.69. The van der Waals surface area contributed by atoms with Gasteiger partial charge in [0.25, 0.3) is 0 Å². The summed E-state index contributed by atoms with van der Waals surface area (Å²) in [6.45, 7) is 1.11. The highest BCUT2D eigenvalue weighted by Crippen LogP contribution is 2.31. The normalized spacial score (nSPS) is 12.0. The molecule has 5 aromatic rings. The van der Waals surface area contributed by atoms with Crippen molar-refractivity contribution in [3.63, 3.8) is 0 Å². The van der Waals surface area contributed by atoms with Crippen LogP contribution < -0.4 is 31.9 Å². The molecule has 0 saturated heterocycles. The lowest BCUT2D eigenvalue weighted by molar-refractivity contribution is -0.872. The molecule has 1 nitrogen and oxygen atoms in total. The molecule has 0 radical (unpaired) electrons. The topological polar surface area (TPSA) is 4.44 Å². The first-order chi connectivity index (χ1) is 26.7. The van der Waals surface area contributed by atoms with Crippen molar-refractivity contribution in [1.82, 2.24) is 0 Å². The summed E-state index contributed by atoms with van der Waals surface area (Å²) in [4.78, 5) is 1.46. The summed E-state index contributed by atoms with van der Waals surface area (Å²) in [5, 5.41) is -2.33. The van der Waals surface area contributed by atoms with Crippen molar-refractivity contribution in [3.8, 4) is 0 Å². The zero-order valence-electron chi connectivity index (χ0n) is 28.0. The van der Waals surface area contributed by atoms with Gasteiger partial charge in [-0.05, 0) is 0 Å². The largest absolute Gasteiger partial charge is 0.379 e. The molecular weight excluding hydrogens is 917 g/mol. The summed E-state index contributed by atoms with van der Waals surface area (Å²) in [6, 6.07) is 5.13. The van der Waals surface area contributed by atoms with Crippen LogP contribution in [0.25, 0.3) is 0 Å². The molecule has 0 atom stereocenters. The average molecular weight is 931 g/mol. The smallest absolute Gasteiger partial charge is 0.336 e. The van der Waals surface area contributed by atoms with E-state index in [2.05, 4.69) is 44.4 Å². The third kappa shape index (κ3) is 7.49. The van der Waals surface area contributed by atoms with Gasteiger partial charge in [-0.25, -0.2) is 83.4 Å². The van der Waals surface area contributed by atoms with Crippen LogP contribution in [0.15, 0.2) is 30.3 Å². The standard InChI is InChI=1S/C24BCl3F19Si.C9H13N/c26-48(27,28)24-22(46)11(35)4(12(36)23(24)47)25(1-5(29)13(37)19(43)14(38)6(1)30,2-7(31)15(39)20(44)16(40)8(2)32)3-9(33)17(41)21(45)18(42)10(3)34;1-10(2)8-9-6-4-3-5-7-9/h;3-7H,8H2,1-2H3/q-1;/p+1. The predicted molar refractivity (Wildman–Crippen MR) is 175 cm³/mol. The van der Waals surface area contributed by atoms with Gasteiger partial charge in [0.1, 0.15) is 59.2 Å². The predicted octanol–water partition coefficient (Wildman–Crippen LogP) is 6.90. The molecule has 312 valence electrons. The van der Waals surface area contributed by atoms with E-state index in [0.29, 0.717) is 0 Å². The first kappa shape index (κ1) is 46.6. The molecule has 0 saturated carbocycles. The Hall–Kier alpha value is -4.12. The van der Waals surface area contributed by atoms with E-state index >= 15 is 43.9 Å². The number of hydrogen-bond donors (Lipinski definition) is 1. The highest BCUT2D eigenvalue weighted by atomic mass is 35.8. The van der Waals surface area contributed by atoms with Gasteiger partial charge in [-0.15, -0.1) is 55.1 Å².